The Morgan fingerprint density at radius 3 is 2.42 bits per heavy atom. The summed E-state index contributed by atoms with van der Waals surface area (Å²) in [7, 11) is 1.09. The fourth-order valence-corrected chi connectivity index (χ4v) is 0.658. The molecule has 0 aromatic heterocycles. The van der Waals surface area contributed by atoms with Gasteiger partial charge in [0.2, 0.25) is 0 Å². The third kappa shape index (κ3) is 5.82. The first-order chi connectivity index (χ1) is 5.35. The molecular formula is C6H10F3NO2. The number of nitrogens with one attached hydrogen (secondary N) is 1. The van der Waals surface area contributed by atoms with Crippen molar-refractivity contribution in [3.05, 3.63) is 0 Å². The second kappa shape index (κ2) is 4.18. The molecule has 1 amide bonds. The lowest BCUT2D eigenvalue weighted by molar-refractivity contribution is -0.138. The first kappa shape index (κ1) is 11.1. The molecule has 0 aliphatic rings. The van der Waals surface area contributed by atoms with Crippen molar-refractivity contribution < 1.29 is 22.7 Å². The Morgan fingerprint density at radius 1 is 1.58 bits per heavy atom. The van der Waals surface area contributed by atoms with E-state index >= 15 is 0 Å². The Hall–Kier alpha value is -0.940. The van der Waals surface area contributed by atoms with Crippen LogP contribution in [-0.4, -0.2) is 25.4 Å². The van der Waals surface area contributed by atoms with Crippen LogP contribution in [0.4, 0.5) is 18.0 Å². The maximum absolute atomic E-state index is 11.7. The van der Waals surface area contributed by atoms with Gasteiger partial charge in [-0.3, -0.25) is 0 Å². The summed E-state index contributed by atoms with van der Waals surface area (Å²) in [6.07, 6.45) is -6.17. The zero-order chi connectivity index (χ0) is 9.78. The number of alkyl halides is 3. The molecule has 0 spiro atoms. The lowest BCUT2D eigenvalue weighted by Gasteiger charge is -2.14. The Labute approximate surface area is 67.9 Å². The van der Waals surface area contributed by atoms with Gasteiger partial charge >= 0.3 is 12.3 Å². The van der Waals surface area contributed by atoms with Gasteiger partial charge in [0.1, 0.15) is 0 Å². The van der Waals surface area contributed by atoms with Gasteiger partial charge in [0.05, 0.1) is 13.5 Å². The predicted octanol–water partition coefficient (Wildman–Crippen LogP) is 1.68. The quantitative estimate of drug-likeness (QED) is 0.710. The van der Waals surface area contributed by atoms with E-state index in [4.69, 9.17) is 0 Å². The number of methoxy groups -OCH3 is 1. The third-order valence-electron chi connectivity index (χ3n) is 1.09. The molecule has 6 heteroatoms. The van der Waals surface area contributed by atoms with Crippen molar-refractivity contribution in [1.82, 2.24) is 5.32 Å². The van der Waals surface area contributed by atoms with Crippen molar-refractivity contribution >= 4 is 6.09 Å². The molecule has 0 saturated carbocycles. The summed E-state index contributed by atoms with van der Waals surface area (Å²) in [6, 6.07) is -0.961. The fraction of sp³-hybridized carbons (Fsp3) is 0.833. The van der Waals surface area contributed by atoms with Crippen LogP contribution in [0.1, 0.15) is 13.3 Å². The number of hydrogen-bond donors (Lipinski definition) is 1. The van der Waals surface area contributed by atoms with E-state index in [1.807, 2.05) is 5.32 Å². The standard InChI is InChI=1S/C6H10F3NO2/c1-4(3-6(7,8)9)10-5(11)12-2/h4H,3H2,1-2H3,(H,10,11)/t4-/m0/s1. The maximum Gasteiger partial charge on any atom is 0.407 e. The Morgan fingerprint density at radius 2 is 2.08 bits per heavy atom. The molecule has 0 heterocycles. The van der Waals surface area contributed by atoms with Crippen molar-refractivity contribution in [3.63, 3.8) is 0 Å². The number of ether oxygens (including phenoxy) is 1. The highest BCUT2D eigenvalue weighted by Gasteiger charge is 2.30. The number of rotatable bonds is 2. The summed E-state index contributed by atoms with van der Waals surface area (Å²) in [5.74, 6) is 0. The van der Waals surface area contributed by atoms with Gasteiger partial charge < -0.3 is 10.1 Å². The third-order valence-corrected chi connectivity index (χ3v) is 1.09. The van der Waals surface area contributed by atoms with Crippen molar-refractivity contribution in [2.24, 2.45) is 0 Å². The second-order valence-corrected chi connectivity index (χ2v) is 2.36. The van der Waals surface area contributed by atoms with E-state index in [1.165, 1.54) is 6.92 Å². The van der Waals surface area contributed by atoms with Crippen molar-refractivity contribution in [2.45, 2.75) is 25.6 Å². The van der Waals surface area contributed by atoms with Gasteiger partial charge in [0.15, 0.2) is 0 Å². The molecule has 0 aromatic carbocycles. The van der Waals surface area contributed by atoms with Crippen LogP contribution in [-0.2, 0) is 4.74 Å². The van der Waals surface area contributed by atoms with Gasteiger partial charge in [-0.15, -0.1) is 0 Å². The molecule has 0 radical (unpaired) electrons. The summed E-state index contributed by atoms with van der Waals surface area (Å²) >= 11 is 0. The topological polar surface area (TPSA) is 38.3 Å². The number of alkyl carbamates (subject to hydrolysis) is 1. The molecule has 0 rings (SSSR count). The number of amides is 1. The molecule has 0 unspecified atom stereocenters. The van der Waals surface area contributed by atoms with Crippen molar-refractivity contribution in [1.29, 1.82) is 0 Å². The largest absolute Gasteiger partial charge is 0.453 e. The molecule has 1 atom stereocenters. The minimum absolute atomic E-state index is 0.855. The van der Waals surface area contributed by atoms with E-state index < -0.39 is 24.7 Å². The molecule has 3 nitrogen and oxygen atoms in total. The maximum atomic E-state index is 11.7. The number of halogens is 3. The lowest BCUT2D eigenvalue weighted by atomic mass is 10.2. The first-order valence-corrected chi connectivity index (χ1v) is 3.26. The highest BCUT2D eigenvalue weighted by molar-refractivity contribution is 5.67. The Kier molecular flexibility index (Phi) is 3.85. The van der Waals surface area contributed by atoms with Gasteiger partial charge in [0.25, 0.3) is 0 Å². The van der Waals surface area contributed by atoms with Crippen LogP contribution in [0, 0.1) is 0 Å². The van der Waals surface area contributed by atoms with Gasteiger partial charge in [-0.05, 0) is 6.92 Å². The lowest BCUT2D eigenvalue weighted by Crippen LogP contribution is -2.35. The first-order valence-electron chi connectivity index (χ1n) is 3.26. The average molecular weight is 185 g/mol. The van der Waals surface area contributed by atoms with Crippen LogP contribution in [0.3, 0.4) is 0 Å². The van der Waals surface area contributed by atoms with Gasteiger partial charge in [0, 0.05) is 6.04 Å². The van der Waals surface area contributed by atoms with Crippen LogP contribution in [0.5, 0.6) is 0 Å². The molecule has 1 N–H and O–H groups in total. The van der Waals surface area contributed by atoms with Gasteiger partial charge in [-0.1, -0.05) is 0 Å². The molecule has 12 heavy (non-hydrogen) atoms. The Bertz CT molecular complexity index is 157. The molecule has 72 valence electrons. The summed E-state index contributed by atoms with van der Waals surface area (Å²) < 4.78 is 39.1. The second-order valence-electron chi connectivity index (χ2n) is 2.36. The van der Waals surface area contributed by atoms with Crippen LogP contribution >= 0.6 is 0 Å². The monoisotopic (exact) mass is 185 g/mol. The zero-order valence-electron chi connectivity index (χ0n) is 6.73. The normalized spacial score (nSPS) is 13.8. The molecule has 0 bridgehead atoms. The minimum atomic E-state index is -4.26. The summed E-state index contributed by atoms with van der Waals surface area (Å²) in [5.41, 5.74) is 0. The van der Waals surface area contributed by atoms with E-state index in [0.717, 1.165) is 7.11 Å². The summed E-state index contributed by atoms with van der Waals surface area (Å²) in [4.78, 5) is 10.4. The van der Waals surface area contributed by atoms with Crippen LogP contribution in [0.2, 0.25) is 0 Å². The fourth-order valence-electron chi connectivity index (χ4n) is 0.658. The molecule has 0 saturated heterocycles. The highest BCUT2D eigenvalue weighted by atomic mass is 19.4. The zero-order valence-corrected chi connectivity index (χ0v) is 6.73. The predicted molar refractivity (Wildman–Crippen MR) is 35.7 cm³/mol. The van der Waals surface area contributed by atoms with E-state index in [9.17, 15) is 18.0 Å². The van der Waals surface area contributed by atoms with E-state index in [-0.39, 0.29) is 0 Å². The minimum Gasteiger partial charge on any atom is -0.453 e. The van der Waals surface area contributed by atoms with E-state index in [2.05, 4.69) is 4.74 Å². The SMILES string of the molecule is COC(=O)N[C@@H](C)CC(F)(F)F. The van der Waals surface area contributed by atoms with Crippen LogP contribution in [0.25, 0.3) is 0 Å². The van der Waals surface area contributed by atoms with Crippen molar-refractivity contribution in [2.75, 3.05) is 7.11 Å². The summed E-state index contributed by atoms with van der Waals surface area (Å²) in [6.45, 7) is 1.25. The van der Waals surface area contributed by atoms with E-state index in [0.29, 0.717) is 0 Å². The number of carbonyl (C=O) groups excluding carboxylic acids is 1. The van der Waals surface area contributed by atoms with Gasteiger partial charge in [-0.25, -0.2) is 4.79 Å². The number of hydrogen-bond acceptors (Lipinski definition) is 2. The molecule has 0 aliphatic carbocycles. The molecule has 0 aromatic rings. The highest BCUT2D eigenvalue weighted by Crippen LogP contribution is 2.21. The van der Waals surface area contributed by atoms with E-state index in [1.54, 1.807) is 0 Å². The smallest absolute Gasteiger partial charge is 0.407 e. The van der Waals surface area contributed by atoms with Crippen LogP contribution < -0.4 is 5.32 Å². The van der Waals surface area contributed by atoms with Crippen LogP contribution in [0.15, 0.2) is 0 Å². The Balaban J connectivity index is 3.74. The molecular weight excluding hydrogens is 175 g/mol. The molecule has 0 fully saturated rings. The molecule has 0 aliphatic heterocycles. The van der Waals surface area contributed by atoms with Gasteiger partial charge in [-0.2, -0.15) is 13.2 Å². The summed E-state index contributed by atoms with van der Waals surface area (Å²) in [5, 5.41) is 2.00. The number of carbonyl (C=O) groups is 1. The average Bonchev–Trinajstić information content (AvgIpc) is 1.82. The van der Waals surface area contributed by atoms with Crippen molar-refractivity contribution in [3.8, 4) is 0 Å².